The SMILES string of the molecule is CCc1cc(C(=O)O)cc(Oc2ccc(C#N)c(F)c2)n1. The largest absolute Gasteiger partial charge is 0.478 e. The summed E-state index contributed by atoms with van der Waals surface area (Å²) >= 11 is 0. The van der Waals surface area contributed by atoms with Gasteiger partial charge in [-0.2, -0.15) is 5.26 Å². The first-order valence-corrected chi connectivity index (χ1v) is 6.15. The highest BCUT2D eigenvalue weighted by Gasteiger charge is 2.10. The van der Waals surface area contributed by atoms with Crippen LogP contribution in [0.5, 0.6) is 11.6 Å². The summed E-state index contributed by atoms with van der Waals surface area (Å²) < 4.78 is 18.9. The van der Waals surface area contributed by atoms with Gasteiger partial charge in [-0.25, -0.2) is 14.2 Å². The molecule has 0 saturated carbocycles. The maximum Gasteiger partial charge on any atom is 0.335 e. The fraction of sp³-hybridized carbons (Fsp3) is 0.133. The van der Waals surface area contributed by atoms with Crippen LogP contribution >= 0.6 is 0 Å². The number of rotatable bonds is 4. The molecule has 1 heterocycles. The van der Waals surface area contributed by atoms with Gasteiger partial charge in [0, 0.05) is 17.8 Å². The predicted octanol–water partition coefficient (Wildman–Crippen LogP) is 3.15. The Morgan fingerprint density at radius 1 is 1.43 bits per heavy atom. The van der Waals surface area contributed by atoms with E-state index >= 15 is 0 Å². The second-order valence-corrected chi connectivity index (χ2v) is 4.20. The molecule has 2 aromatic rings. The smallest absolute Gasteiger partial charge is 0.335 e. The zero-order chi connectivity index (χ0) is 15.4. The molecule has 0 saturated heterocycles. The monoisotopic (exact) mass is 286 g/mol. The van der Waals surface area contributed by atoms with Gasteiger partial charge in [0.2, 0.25) is 5.88 Å². The van der Waals surface area contributed by atoms with Gasteiger partial charge in [-0.3, -0.25) is 0 Å². The molecule has 0 aliphatic rings. The first-order valence-electron chi connectivity index (χ1n) is 6.15. The number of pyridine rings is 1. The van der Waals surface area contributed by atoms with Crippen molar-refractivity contribution in [3.8, 4) is 17.7 Å². The maximum absolute atomic E-state index is 13.5. The molecule has 0 fully saturated rings. The van der Waals surface area contributed by atoms with Crippen molar-refractivity contribution in [1.29, 1.82) is 5.26 Å². The Morgan fingerprint density at radius 3 is 2.76 bits per heavy atom. The first-order chi connectivity index (χ1) is 10.0. The average molecular weight is 286 g/mol. The number of aryl methyl sites for hydroxylation is 1. The van der Waals surface area contributed by atoms with Crippen molar-refractivity contribution in [2.75, 3.05) is 0 Å². The highest BCUT2D eigenvalue weighted by molar-refractivity contribution is 5.88. The van der Waals surface area contributed by atoms with Crippen LogP contribution in [0.1, 0.15) is 28.5 Å². The molecule has 1 aromatic heterocycles. The fourth-order valence-corrected chi connectivity index (χ4v) is 1.69. The van der Waals surface area contributed by atoms with E-state index in [1.54, 1.807) is 6.07 Å². The van der Waals surface area contributed by atoms with Gasteiger partial charge in [0.1, 0.15) is 17.6 Å². The molecule has 5 nitrogen and oxygen atoms in total. The topological polar surface area (TPSA) is 83.2 Å². The molecule has 1 aromatic carbocycles. The van der Waals surface area contributed by atoms with Crippen molar-refractivity contribution in [2.24, 2.45) is 0 Å². The zero-order valence-electron chi connectivity index (χ0n) is 11.1. The number of carboxylic acid groups (broad SMARTS) is 1. The second-order valence-electron chi connectivity index (χ2n) is 4.20. The number of ether oxygens (including phenoxy) is 1. The highest BCUT2D eigenvalue weighted by atomic mass is 19.1. The van der Waals surface area contributed by atoms with Crippen LogP contribution in [-0.4, -0.2) is 16.1 Å². The minimum atomic E-state index is -1.09. The van der Waals surface area contributed by atoms with E-state index in [9.17, 15) is 9.18 Å². The van der Waals surface area contributed by atoms with Gasteiger partial charge in [-0.05, 0) is 24.6 Å². The van der Waals surface area contributed by atoms with Crippen LogP contribution in [0.25, 0.3) is 0 Å². The number of benzene rings is 1. The first kappa shape index (κ1) is 14.5. The minimum absolute atomic E-state index is 0.0472. The average Bonchev–Trinajstić information content (AvgIpc) is 2.47. The van der Waals surface area contributed by atoms with Crippen molar-refractivity contribution in [3.63, 3.8) is 0 Å². The summed E-state index contributed by atoms with van der Waals surface area (Å²) in [4.78, 5) is 15.2. The summed E-state index contributed by atoms with van der Waals surface area (Å²) in [6.45, 7) is 1.83. The Kier molecular flexibility index (Phi) is 4.14. The number of aromatic carboxylic acids is 1. The Bertz CT molecular complexity index is 738. The molecule has 0 amide bonds. The van der Waals surface area contributed by atoms with Gasteiger partial charge >= 0.3 is 5.97 Å². The summed E-state index contributed by atoms with van der Waals surface area (Å²) in [5, 5.41) is 17.7. The lowest BCUT2D eigenvalue weighted by atomic mass is 10.2. The molecular formula is C15H11FN2O3. The Balaban J connectivity index is 2.35. The molecule has 106 valence electrons. The van der Waals surface area contributed by atoms with Gasteiger partial charge in [-0.1, -0.05) is 6.92 Å². The minimum Gasteiger partial charge on any atom is -0.478 e. The van der Waals surface area contributed by atoms with E-state index in [1.807, 2.05) is 6.92 Å². The quantitative estimate of drug-likeness (QED) is 0.933. The lowest BCUT2D eigenvalue weighted by molar-refractivity contribution is 0.0696. The highest BCUT2D eigenvalue weighted by Crippen LogP contribution is 2.23. The zero-order valence-corrected chi connectivity index (χ0v) is 11.1. The summed E-state index contributed by atoms with van der Waals surface area (Å²) in [6.07, 6.45) is 0.541. The molecule has 0 unspecified atom stereocenters. The number of nitrogens with zero attached hydrogens (tertiary/aromatic N) is 2. The summed E-state index contributed by atoms with van der Waals surface area (Å²) in [5.74, 6) is -1.59. The van der Waals surface area contributed by atoms with Crippen molar-refractivity contribution in [1.82, 2.24) is 4.98 Å². The third-order valence-electron chi connectivity index (χ3n) is 2.75. The Hall–Kier alpha value is -2.94. The van der Waals surface area contributed by atoms with Crippen LogP contribution in [0.2, 0.25) is 0 Å². The van der Waals surface area contributed by atoms with E-state index in [4.69, 9.17) is 15.1 Å². The van der Waals surface area contributed by atoms with Crippen LogP contribution in [-0.2, 0) is 6.42 Å². The number of nitriles is 1. The van der Waals surface area contributed by atoms with Gasteiger partial charge in [0.15, 0.2) is 0 Å². The fourth-order valence-electron chi connectivity index (χ4n) is 1.69. The van der Waals surface area contributed by atoms with Gasteiger partial charge in [-0.15, -0.1) is 0 Å². The number of carboxylic acids is 1. The van der Waals surface area contributed by atoms with Gasteiger partial charge in [0.25, 0.3) is 0 Å². The molecule has 0 bridgehead atoms. The molecule has 6 heteroatoms. The van der Waals surface area contributed by atoms with E-state index in [0.717, 1.165) is 6.07 Å². The van der Waals surface area contributed by atoms with Crippen LogP contribution in [0, 0.1) is 17.1 Å². The molecule has 0 atom stereocenters. The number of halogens is 1. The van der Waals surface area contributed by atoms with E-state index in [2.05, 4.69) is 4.98 Å². The number of aromatic nitrogens is 1. The number of hydrogen-bond acceptors (Lipinski definition) is 4. The second kappa shape index (κ2) is 6.01. The third kappa shape index (κ3) is 3.34. The van der Waals surface area contributed by atoms with Crippen molar-refractivity contribution in [2.45, 2.75) is 13.3 Å². The number of carbonyl (C=O) groups is 1. The molecule has 1 N–H and O–H groups in total. The maximum atomic E-state index is 13.5. The molecule has 21 heavy (non-hydrogen) atoms. The van der Waals surface area contributed by atoms with Crippen molar-refractivity contribution < 1.29 is 19.0 Å². The lowest BCUT2D eigenvalue weighted by Crippen LogP contribution is -2.01. The van der Waals surface area contributed by atoms with Crippen LogP contribution in [0.15, 0.2) is 30.3 Å². The van der Waals surface area contributed by atoms with Crippen LogP contribution in [0.4, 0.5) is 4.39 Å². The summed E-state index contributed by atoms with van der Waals surface area (Å²) in [7, 11) is 0. The molecular weight excluding hydrogens is 275 g/mol. The molecule has 0 aliphatic carbocycles. The molecule has 0 radical (unpaired) electrons. The normalized spacial score (nSPS) is 9.95. The molecule has 2 rings (SSSR count). The summed E-state index contributed by atoms with van der Waals surface area (Å²) in [5.41, 5.74) is 0.508. The summed E-state index contributed by atoms with van der Waals surface area (Å²) in [6, 6.07) is 8.18. The van der Waals surface area contributed by atoms with E-state index < -0.39 is 11.8 Å². The molecule has 0 spiro atoms. The van der Waals surface area contributed by atoms with E-state index in [0.29, 0.717) is 12.1 Å². The van der Waals surface area contributed by atoms with Gasteiger partial charge in [0.05, 0.1) is 11.1 Å². The van der Waals surface area contributed by atoms with Crippen molar-refractivity contribution >= 4 is 5.97 Å². The molecule has 0 aliphatic heterocycles. The standard InChI is InChI=1S/C15H11FN2O3/c1-2-11-5-10(15(19)20)6-14(18-11)21-12-4-3-9(8-17)13(16)7-12/h3-7H,2H2,1H3,(H,19,20). The van der Waals surface area contributed by atoms with Crippen LogP contribution < -0.4 is 4.74 Å². The lowest BCUT2D eigenvalue weighted by Gasteiger charge is -2.08. The van der Waals surface area contributed by atoms with Gasteiger partial charge < -0.3 is 9.84 Å². The van der Waals surface area contributed by atoms with Crippen molar-refractivity contribution in [3.05, 3.63) is 53.0 Å². The van der Waals surface area contributed by atoms with Crippen LogP contribution in [0.3, 0.4) is 0 Å². The predicted molar refractivity (Wildman–Crippen MR) is 71.8 cm³/mol. The Morgan fingerprint density at radius 2 is 2.19 bits per heavy atom. The Labute approximate surface area is 120 Å². The third-order valence-corrected chi connectivity index (χ3v) is 2.75. The van der Waals surface area contributed by atoms with E-state index in [-0.39, 0.29) is 22.8 Å². The number of hydrogen-bond donors (Lipinski definition) is 1. The van der Waals surface area contributed by atoms with E-state index in [1.165, 1.54) is 24.3 Å².